The van der Waals surface area contributed by atoms with Crippen LogP contribution in [-0.2, 0) is 13.0 Å². The molecule has 33 heavy (non-hydrogen) atoms. The zero-order valence-corrected chi connectivity index (χ0v) is 21.7. The number of aromatic nitrogens is 4. The first-order valence-corrected chi connectivity index (χ1v) is 13.0. The van der Waals surface area contributed by atoms with Crippen LogP contribution in [0.2, 0.25) is 5.02 Å². The first-order valence-electron chi connectivity index (χ1n) is 11.8. The van der Waals surface area contributed by atoms with Gasteiger partial charge in [-0.15, -0.1) is 10.2 Å². The molecule has 176 valence electrons. The molecule has 8 heteroatoms. The van der Waals surface area contributed by atoms with Gasteiger partial charge in [0.05, 0.1) is 6.20 Å². The second-order valence-corrected chi connectivity index (χ2v) is 12.2. The van der Waals surface area contributed by atoms with Gasteiger partial charge in [-0.2, -0.15) is 5.10 Å². The van der Waals surface area contributed by atoms with Crippen molar-refractivity contribution < 1.29 is 0 Å². The molecule has 3 aromatic rings. The normalized spacial score (nSPS) is 19.9. The summed E-state index contributed by atoms with van der Waals surface area (Å²) in [5, 5.41) is 20.3. The quantitative estimate of drug-likeness (QED) is 0.506. The lowest BCUT2D eigenvalue weighted by Crippen LogP contribution is -2.61. The highest BCUT2D eigenvalue weighted by molar-refractivity contribution is 7.18. The predicted octanol–water partition coefficient (Wildman–Crippen LogP) is 5.80. The van der Waals surface area contributed by atoms with Gasteiger partial charge in [0.25, 0.3) is 0 Å². The minimum absolute atomic E-state index is 0.0824. The van der Waals surface area contributed by atoms with Gasteiger partial charge in [0.2, 0.25) is 5.13 Å². The fraction of sp³-hybridized carbons (Fsp3) is 0.560. The number of halogens is 1. The highest BCUT2D eigenvalue weighted by Crippen LogP contribution is 2.41. The SMILES string of the molecule is CN(c1nnc(-c2ccc(Cl)cc2-c2cnn3c2CCCC3)s1)C1CC(C)(C)NC(C)(C)C1. The molecule has 2 aliphatic heterocycles. The van der Waals surface area contributed by atoms with Crippen LogP contribution >= 0.6 is 22.9 Å². The highest BCUT2D eigenvalue weighted by atomic mass is 35.5. The first kappa shape index (κ1) is 22.8. The van der Waals surface area contributed by atoms with Crippen molar-refractivity contribution in [2.24, 2.45) is 0 Å². The van der Waals surface area contributed by atoms with E-state index in [2.05, 4.69) is 71.0 Å². The van der Waals surface area contributed by atoms with E-state index in [4.69, 9.17) is 11.6 Å². The molecule has 6 nitrogen and oxygen atoms in total. The lowest BCUT2D eigenvalue weighted by atomic mass is 9.79. The topological polar surface area (TPSA) is 58.9 Å². The lowest BCUT2D eigenvalue weighted by Gasteiger charge is -2.48. The highest BCUT2D eigenvalue weighted by Gasteiger charge is 2.39. The average molecular weight is 485 g/mol. The van der Waals surface area contributed by atoms with Crippen molar-refractivity contribution in [3.05, 3.63) is 35.1 Å². The minimum Gasteiger partial charge on any atom is -0.347 e. The van der Waals surface area contributed by atoms with Crippen LogP contribution in [0.1, 0.15) is 59.1 Å². The largest absolute Gasteiger partial charge is 0.347 e. The molecule has 1 saturated heterocycles. The van der Waals surface area contributed by atoms with Gasteiger partial charge in [0.15, 0.2) is 0 Å². The van der Waals surface area contributed by atoms with E-state index in [-0.39, 0.29) is 11.1 Å². The number of rotatable bonds is 4. The summed E-state index contributed by atoms with van der Waals surface area (Å²) in [4.78, 5) is 2.32. The Hall–Kier alpha value is -1.96. The smallest absolute Gasteiger partial charge is 0.208 e. The summed E-state index contributed by atoms with van der Waals surface area (Å²) in [6.07, 6.45) is 7.56. The van der Waals surface area contributed by atoms with Crippen LogP contribution in [-0.4, -0.2) is 44.1 Å². The van der Waals surface area contributed by atoms with Crippen LogP contribution in [0.4, 0.5) is 5.13 Å². The average Bonchev–Trinajstić information content (AvgIpc) is 3.38. The van der Waals surface area contributed by atoms with Gasteiger partial charge in [-0.25, -0.2) is 0 Å². The monoisotopic (exact) mass is 484 g/mol. The Bertz CT molecular complexity index is 1150. The van der Waals surface area contributed by atoms with Gasteiger partial charge < -0.3 is 10.2 Å². The molecule has 2 aromatic heterocycles. The van der Waals surface area contributed by atoms with Crippen molar-refractivity contribution >= 4 is 28.1 Å². The molecule has 0 spiro atoms. The van der Waals surface area contributed by atoms with Gasteiger partial charge in [-0.05, 0) is 83.6 Å². The first-order chi connectivity index (χ1) is 15.6. The maximum absolute atomic E-state index is 6.44. The van der Waals surface area contributed by atoms with Crippen LogP contribution < -0.4 is 10.2 Å². The van der Waals surface area contributed by atoms with Gasteiger partial charge in [0.1, 0.15) is 5.01 Å². The number of anilines is 1. The van der Waals surface area contributed by atoms with E-state index < -0.39 is 0 Å². The number of aryl methyl sites for hydroxylation is 1. The Morgan fingerprint density at radius 2 is 1.82 bits per heavy atom. The van der Waals surface area contributed by atoms with Crippen LogP contribution in [0.5, 0.6) is 0 Å². The summed E-state index contributed by atoms with van der Waals surface area (Å²) in [6, 6.07) is 6.47. The Morgan fingerprint density at radius 1 is 1.06 bits per heavy atom. The van der Waals surface area contributed by atoms with Crippen LogP contribution in [0.15, 0.2) is 24.4 Å². The molecule has 0 bridgehead atoms. The van der Waals surface area contributed by atoms with Gasteiger partial charge in [-0.3, -0.25) is 4.68 Å². The molecular weight excluding hydrogens is 452 g/mol. The molecule has 1 N–H and O–H groups in total. The Kier molecular flexibility index (Phi) is 5.78. The molecule has 1 fully saturated rings. The number of fused-ring (bicyclic) bond motifs is 1. The van der Waals surface area contributed by atoms with Crippen LogP contribution in [0.25, 0.3) is 21.7 Å². The van der Waals surface area contributed by atoms with Crippen molar-refractivity contribution in [1.82, 2.24) is 25.3 Å². The summed E-state index contributed by atoms with van der Waals surface area (Å²) >= 11 is 8.10. The van der Waals surface area contributed by atoms with E-state index in [9.17, 15) is 0 Å². The number of nitrogens with one attached hydrogen (secondary N) is 1. The number of nitrogens with zero attached hydrogens (tertiary/aromatic N) is 5. The number of hydrogen-bond donors (Lipinski definition) is 1. The summed E-state index contributed by atoms with van der Waals surface area (Å²) in [7, 11) is 2.16. The van der Waals surface area contributed by atoms with Gasteiger partial charge in [0, 0.05) is 52.6 Å². The summed E-state index contributed by atoms with van der Waals surface area (Å²) in [6.45, 7) is 10.1. The minimum atomic E-state index is 0.0824. The third-order valence-electron chi connectivity index (χ3n) is 6.92. The number of benzene rings is 1. The molecule has 0 saturated carbocycles. The van der Waals surface area contributed by atoms with E-state index in [0.29, 0.717) is 6.04 Å². The van der Waals surface area contributed by atoms with Crippen molar-refractivity contribution in [2.45, 2.75) is 83.5 Å². The van der Waals surface area contributed by atoms with E-state index in [0.717, 1.165) is 52.1 Å². The molecule has 2 aliphatic rings. The summed E-state index contributed by atoms with van der Waals surface area (Å²) < 4.78 is 2.14. The third kappa shape index (κ3) is 4.55. The Balaban J connectivity index is 1.48. The summed E-state index contributed by atoms with van der Waals surface area (Å²) in [5.41, 5.74) is 4.80. The zero-order valence-electron chi connectivity index (χ0n) is 20.2. The van der Waals surface area contributed by atoms with Crippen molar-refractivity contribution in [3.63, 3.8) is 0 Å². The molecule has 4 heterocycles. The molecule has 0 unspecified atom stereocenters. The third-order valence-corrected chi connectivity index (χ3v) is 8.20. The van der Waals surface area contributed by atoms with E-state index in [1.54, 1.807) is 11.3 Å². The van der Waals surface area contributed by atoms with Crippen LogP contribution in [0, 0.1) is 0 Å². The van der Waals surface area contributed by atoms with Gasteiger partial charge in [-0.1, -0.05) is 22.9 Å². The Labute approximate surface area is 205 Å². The van der Waals surface area contributed by atoms with Crippen molar-refractivity contribution in [1.29, 1.82) is 0 Å². The fourth-order valence-corrected chi connectivity index (χ4v) is 6.83. The lowest BCUT2D eigenvalue weighted by molar-refractivity contribution is 0.161. The zero-order chi connectivity index (χ0) is 23.4. The van der Waals surface area contributed by atoms with Crippen LogP contribution in [0.3, 0.4) is 0 Å². The second kappa shape index (κ2) is 8.36. The van der Waals surface area contributed by atoms with E-state index >= 15 is 0 Å². The maximum Gasteiger partial charge on any atom is 0.208 e. The van der Waals surface area contributed by atoms with E-state index in [1.165, 1.54) is 24.1 Å². The molecule has 0 radical (unpaired) electrons. The fourth-order valence-electron chi connectivity index (χ4n) is 5.74. The number of hydrogen-bond acceptors (Lipinski definition) is 6. The number of piperidine rings is 1. The maximum atomic E-state index is 6.44. The summed E-state index contributed by atoms with van der Waals surface area (Å²) in [5.74, 6) is 0. The predicted molar refractivity (Wildman–Crippen MR) is 137 cm³/mol. The molecule has 0 amide bonds. The van der Waals surface area contributed by atoms with Crippen molar-refractivity contribution in [2.75, 3.05) is 11.9 Å². The molecular formula is C25H33ClN6S. The molecule has 5 rings (SSSR count). The van der Waals surface area contributed by atoms with E-state index in [1.807, 2.05) is 18.3 Å². The molecule has 0 atom stereocenters. The standard InChI is InChI=1S/C25H33ClN6S/c1-24(2)13-17(14-25(3,4)30-24)31(5)23-29-28-22(33-23)18-10-9-16(26)12-19(18)20-15-27-32-11-7-6-8-21(20)32/h9-10,12,15,17,30H,6-8,11,13-14H2,1-5H3. The Morgan fingerprint density at radius 3 is 2.58 bits per heavy atom. The molecule has 1 aromatic carbocycles. The second-order valence-electron chi connectivity index (χ2n) is 10.8. The molecule has 0 aliphatic carbocycles. The van der Waals surface area contributed by atoms with Crippen molar-refractivity contribution in [3.8, 4) is 21.7 Å². The van der Waals surface area contributed by atoms with Gasteiger partial charge >= 0.3 is 0 Å².